The summed E-state index contributed by atoms with van der Waals surface area (Å²) >= 11 is 9.45. The van der Waals surface area contributed by atoms with Gasteiger partial charge in [-0.05, 0) is 22.0 Å². The Morgan fingerprint density at radius 1 is 1.26 bits per heavy atom. The molecule has 0 unspecified atom stereocenters. The van der Waals surface area contributed by atoms with Crippen LogP contribution in [0.1, 0.15) is 31.2 Å². The van der Waals surface area contributed by atoms with Crippen molar-refractivity contribution in [3.8, 4) is 5.88 Å². The van der Waals surface area contributed by atoms with Gasteiger partial charge in [-0.3, -0.25) is 0 Å². The van der Waals surface area contributed by atoms with Crippen molar-refractivity contribution >= 4 is 27.5 Å². The molecule has 1 aromatic heterocycles. The van der Waals surface area contributed by atoms with E-state index in [0.29, 0.717) is 17.5 Å². The molecule has 0 atom stereocenters. The minimum absolute atomic E-state index is 0.250. The SMILES string of the molecule is CC(C)c1nc(Br)cc(OCc2ccccc2Cl)n1. The van der Waals surface area contributed by atoms with E-state index in [4.69, 9.17) is 16.3 Å². The third-order valence-corrected chi connectivity index (χ3v) is 3.31. The number of hydrogen-bond acceptors (Lipinski definition) is 3. The molecule has 0 aliphatic rings. The van der Waals surface area contributed by atoms with Crippen LogP contribution in [0.25, 0.3) is 0 Å². The van der Waals surface area contributed by atoms with Gasteiger partial charge in [-0.15, -0.1) is 0 Å². The molecule has 19 heavy (non-hydrogen) atoms. The Labute approximate surface area is 126 Å². The summed E-state index contributed by atoms with van der Waals surface area (Å²) in [4.78, 5) is 8.68. The maximum Gasteiger partial charge on any atom is 0.218 e. The fourth-order valence-electron chi connectivity index (χ4n) is 1.51. The zero-order chi connectivity index (χ0) is 13.8. The van der Waals surface area contributed by atoms with Gasteiger partial charge in [0.2, 0.25) is 5.88 Å². The fraction of sp³-hybridized carbons (Fsp3) is 0.286. The molecule has 2 rings (SSSR count). The lowest BCUT2D eigenvalue weighted by Crippen LogP contribution is -2.03. The van der Waals surface area contributed by atoms with Crippen molar-refractivity contribution in [1.82, 2.24) is 9.97 Å². The first-order valence-electron chi connectivity index (χ1n) is 5.97. The van der Waals surface area contributed by atoms with E-state index in [1.165, 1.54) is 0 Å². The molecule has 0 saturated carbocycles. The molecule has 3 nitrogen and oxygen atoms in total. The molecular weight excluding hydrogens is 328 g/mol. The van der Waals surface area contributed by atoms with Crippen molar-refractivity contribution < 1.29 is 4.74 Å². The van der Waals surface area contributed by atoms with E-state index in [1.54, 1.807) is 6.07 Å². The summed E-state index contributed by atoms with van der Waals surface area (Å²) in [5.41, 5.74) is 0.935. The molecule has 0 radical (unpaired) electrons. The van der Waals surface area contributed by atoms with Gasteiger partial charge >= 0.3 is 0 Å². The predicted molar refractivity (Wildman–Crippen MR) is 79.6 cm³/mol. The number of ether oxygens (including phenoxy) is 1. The Kier molecular flexibility index (Phi) is 4.77. The second-order valence-electron chi connectivity index (χ2n) is 4.42. The van der Waals surface area contributed by atoms with E-state index in [1.807, 2.05) is 38.1 Å². The van der Waals surface area contributed by atoms with Crippen LogP contribution in [0, 0.1) is 0 Å². The number of aromatic nitrogens is 2. The third-order valence-electron chi connectivity index (χ3n) is 2.54. The van der Waals surface area contributed by atoms with E-state index < -0.39 is 0 Å². The highest BCUT2D eigenvalue weighted by Crippen LogP contribution is 2.21. The summed E-state index contributed by atoms with van der Waals surface area (Å²) in [5, 5.41) is 0.694. The monoisotopic (exact) mass is 340 g/mol. The molecule has 0 saturated heterocycles. The lowest BCUT2D eigenvalue weighted by molar-refractivity contribution is 0.291. The molecule has 2 aromatic rings. The van der Waals surface area contributed by atoms with Crippen LogP contribution in [0.4, 0.5) is 0 Å². The first-order chi connectivity index (χ1) is 9.06. The highest BCUT2D eigenvalue weighted by molar-refractivity contribution is 9.10. The molecule has 0 spiro atoms. The van der Waals surface area contributed by atoms with Crippen molar-refractivity contribution in [2.75, 3.05) is 0 Å². The number of benzene rings is 1. The summed E-state index contributed by atoms with van der Waals surface area (Å²) in [6, 6.07) is 9.35. The van der Waals surface area contributed by atoms with E-state index >= 15 is 0 Å². The van der Waals surface area contributed by atoms with Crippen molar-refractivity contribution in [3.63, 3.8) is 0 Å². The van der Waals surface area contributed by atoms with E-state index in [-0.39, 0.29) is 5.92 Å². The smallest absolute Gasteiger partial charge is 0.218 e. The average molecular weight is 342 g/mol. The largest absolute Gasteiger partial charge is 0.473 e. The Morgan fingerprint density at radius 3 is 2.68 bits per heavy atom. The molecular formula is C14H14BrClN2O. The lowest BCUT2D eigenvalue weighted by atomic mass is 10.2. The molecule has 100 valence electrons. The number of halogens is 2. The van der Waals surface area contributed by atoms with Crippen molar-refractivity contribution in [3.05, 3.63) is 51.3 Å². The van der Waals surface area contributed by atoms with Crippen LogP contribution >= 0.6 is 27.5 Å². The van der Waals surface area contributed by atoms with Crippen molar-refractivity contribution in [2.24, 2.45) is 0 Å². The zero-order valence-electron chi connectivity index (χ0n) is 10.7. The van der Waals surface area contributed by atoms with Crippen LogP contribution in [0.15, 0.2) is 34.9 Å². The van der Waals surface area contributed by atoms with Gasteiger partial charge in [0.15, 0.2) is 0 Å². The first kappa shape index (κ1) is 14.3. The molecule has 1 heterocycles. The summed E-state index contributed by atoms with van der Waals surface area (Å²) in [6.45, 7) is 4.47. The number of rotatable bonds is 4. The number of hydrogen-bond donors (Lipinski definition) is 0. The van der Waals surface area contributed by atoms with Gasteiger partial charge in [-0.1, -0.05) is 43.6 Å². The lowest BCUT2D eigenvalue weighted by Gasteiger charge is -2.10. The Hall–Kier alpha value is -1.13. The zero-order valence-corrected chi connectivity index (χ0v) is 13.1. The maximum absolute atomic E-state index is 6.08. The van der Waals surface area contributed by atoms with E-state index in [2.05, 4.69) is 25.9 Å². The highest BCUT2D eigenvalue weighted by atomic mass is 79.9. The molecule has 0 bridgehead atoms. The first-order valence-corrected chi connectivity index (χ1v) is 7.14. The van der Waals surface area contributed by atoms with Gasteiger partial charge in [0.25, 0.3) is 0 Å². The van der Waals surface area contributed by atoms with E-state index in [0.717, 1.165) is 16.0 Å². The standard InChI is InChI=1S/C14H14BrClN2O/c1-9(2)14-17-12(15)7-13(18-14)19-8-10-5-3-4-6-11(10)16/h3-7,9H,8H2,1-2H3. The Bertz CT molecular complexity index is 575. The summed E-state index contributed by atoms with van der Waals surface area (Å²) in [7, 11) is 0. The van der Waals surface area contributed by atoms with Crippen molar-refractivity contribution in [2.45, 2.75) is 26.4 Å². The third kappa shape index (κ3) is 3.91. The van der Waals surface area contributed by atoms with Crippen LogP contribution in [-0.4, -0.2) is 9.97 Å². The Morgan fingerprint density at radius 2 is 2.00 bits per heavy atom. The molecule has 5 heteroatoms. The topological polar surface area (TPSA) is 35.0 Å². The Balaban J connectivity index is 2.14. The number of nitrogens with zero attached hydrogens (tertiary/aromatic N) is 2. The van der Waals surface area contributed by atoms with E-state index in [9.17, 15) is 0 Å². The average Bonchev–Trinajstić information content (AvgIpc) is 2.37. The van der Waals surface area contributed by atoms with Gasteiger partial charge in [0.1, 0.15) is 17.0 Å². The molecule has 1 aromatic carbocycles. The minimum Gasteiger partial charge on any atom is -0.473 e. The minimum atomic E-state index is 0.250. The summed E-state index contributed by atoms with van der Waals surface area (Å²) in [5.74, 6) is 1.55. The fourth-order valence-corrected chi connectivity index (χ4v) is 2.08. The van der Waals surface area contributed by atoms with Gasteiger partial charge in [0, 0.05) is 22.6 Å². The van der Waals surface area contributed by atoms with Gasteiger partial charge in [0.05, 0.1) is 0 Å². The van der Waals surface area contributed by atoms with Crippen LogP contribution in [0.5, 0.6) is 5.88 Å². The second-order valence-corrected chi connectivity index (χ2v) is 5.64. The molecule has 0 aliphatic carbocycles. The summed E-state index contributed by atoms with van der Waals surface area (Å²) < 4.78 is 6.40. The predicted octanol–water partition coefficient (Wildman–Crippen LogP) is 4.59. The van der Waals surface area contributed by atoms with Gasteiger partial charge < -0.3 is 4.74 Å². The second kappa shape index (κ2) is 6.35. The quantitative estimate of drug-likeness (QED) is 0.763. The van der Waals surface area contributed by atoms with Crippen LogP contribution in [0.3, 0.4) is 0 Å². The van der Waals surface area contributed by atoms with Crippen LogP contribution < -0.4 is 4.74 Å². The molecule has 0 amide bonds. The molecule has 0 aliphatic heterocycles. The summed E-state index contributed by atoms with van der Waals surface area (Å²) in [6.07, 6.45) is 0. The van der Waals surface area contributed by atoms with Crippen LogP contribution in [0.2, 0.25) is 5.02 Å². The highest BCUT2D eigenvalue weighted by Gasteiger charge is 2.08. The molecule has 0 N–H and O–H groups in total. The van der Waals surface area contributed by atoms with Gasteiger partial charge in [-0.2, -0.15) is 4.98 Å². The van der Waals surface area contributed by atoms with Crippen molar-refractivity contribution in [1.29, 1.82) is 0 Å². The van der Waals surface area contributed by atoms with Crippen LogP contribution in [-0.2, 0) is 6.61 Å². The normalized spacial score (nSPS) is 10.8. The maximum atomic E-state index is 6.08. The van der Waals surface area contributed by atoms with Gasteiger partial charge in [-0.25, -0.2) is 4.98 Å². The molecule has 0 fully saturated rings.